The normalized spacial score (nSPS) is 24.1. The van der Waals surface area contributed by atoms with Crippen LogP contribution < -0.4 is 0 Å². The maximum atomic E-state index is 14.2. The molecule has 0 bridgehead atoms. The summed E-state index contributed by atoms with van der Waals surface area (Å²) in [4.78, 5) is 4.95. The summed E-state index contributed by atoms with van der Waals surface area (Å²) >= 11 is 0. The van der Waals surface area contributed by atoms with Gasteiger partial charge >= 0.3 is 0 Å². The average Bonchev–Trinajstić information content (AvgIpc) is 3.24. The first kappa shape index (κ1) is 17.6. The second kappa shape index (κ2) is 7.47. The van der Waals surface area contributed by atoms with Gasteiger partial charge in [-0.25, -0.2) is 8.78 Å². The van der Waals surface area contributed by atoms with Crippen molar-refractivity contribution in [3.8, 4) is 5.69 Å². The quantitative estimate of drug-likeness (QED) is 0.889. The van der Waals surface area contributed by atoms with Gasteiger partial charge in [0.05, 0.1) is 5.69 Å². The van der Waals surface area contributed by atoms with Gasteiger partial charge in [0.15, 0.2) is 0 Å². The van der Waals surface area contributed by atoms with Crippen molar-refractivity contribution in [3.05, 3.63) is 53.9 Å². The Morgan fingerprint density at radius 1 is 1.15 bits per heavy atom. The molecule has 0 radical (unpaired) electrons. The molecule has 2 atom stereocenters. The number of rotatable bonds is 5. The van der Waals surface area contributed by atoms with E-state index in [-0.39, 0.29) is 6.61 Å². The topological polar surface area (TPSA) is 31.6 Å². The van der Waals surface area contributed by atoms with Crippen LogP contribution in [0.15, 0.2) is 36.5 Å². The second-order valence-electron chi connectivity index (χ2n) is 7.35. The molecule has 2 aromatic rings. The van der Waals surface area contributed by atoms with Gasteiger partial charge in [-0.15, -0.1) is 0 Å². The third kappa shape index (κ3) is 3.41. The van der Waals surface area contributed by atoms with Crippen molar-refractivity contribution in [2.24, 2.45) is 0 Å². The van der Waals surface area contributed by atoms with E-state index in [2.05, 4.69) is 9.80 Å². The highest BCUT2D eigenvalue weighted by Gasteiger charge is 2.36. The lowest BCUT2D eigenvalue weighted by Gasteiger charge is -2.43. The molecule has 26 heavy (non-hydrogen) atoms. The van der Waals surface area contributed by atoms with Crippen LogP contribution in [0.5, 0.6) is 0 Å². The van der Waals surface area contributed by atoms with Crippen molar-refractivity contribution in [2.45, 2.75) is 37.9 Å². The second-order valence-corrected chi connectivity index (χ2v) is 7.35. The summed E-state index contributed by atoms with van der Waals surface area (Å²) in [5.74, 6) is -1.13. The van der Waals surface area contributed by atoms with Crippen LogP contribution in [0.2, 0.25) is 0 Å². The van der Waals surface area contributed by atoms with E-state index in [1.807, 2.05) is 18.3 Å². The van der Waals surface area contributed by atoms with Crippen LogP contribution in [-0.2, 0) is 6.54 Å². The Morgan fingerprint density at radius 2 is 2.04 bits per heavy atom. The van der Waals surface area contributed by atoms with E-state index in [9.17, 15) is 13.9 Å². The van der Waals surface area contributed by atoms with Crippen molar-refractivity contribution in [1.82, 2.24) is 14.4 Å². The fourth-order valence-electron chi connectivity index (χ4n) is 4.43. The maximum Gasteiger partial charge on any atom is 0.150 e. The highest BCUT2D eigenvalue weighted by atomic mass is 19.1. The van der Waals surface area contributed by atoms with Crippen molar-refractivity contribution in [3.63, 3.8) is 0 Å². The Balaban J connectivity index is 1.57. The number of aromatic nitrogens is 1. The first-order valence-corrected chi connectivity index (χ1v) is 9.36. The van der Waals surface area contributed by atoms with Gasteiger partial charge in [0.25, 0.3) is 0 Å². The van der Waals surface area contributed by atoms with Crippen molar-refractivity contribution >= 4 is 0 Å². The number of piperazine rings is 1. The van der Waals surface area contributed by atoms with E-state index in [1.165, 1.54) is 25.0 Å². The number of benzene rings is 1. The first-order valence-electron chi connectivity index (χ1n) is 9.36. The molecule has 1 aromatic heterocycles. The zero-order valence-electron chi connectivity index (χ0n) is 14.8. The van der Waals surface area contributed by atoms with Gasteiger partial charge in [0.1, 0.15) is 11.6 Å². The lowest BCUT2D eigenvalue weighted by atomic mass is 10.0. The Bertz CT molecular complexity index is 763. The number of hydrogen-bond acceptors (Lipinski definition) is 3. The van der Waals surface area contributed by atoms with E-state index in [0.29, 0.717) is 24.3 Å². The molecule has 0 spiro atoms. The molecule has 4 rings (SSSR count). The van der Waals surface area contributed by atoms with Gasteiger partial charge in [0.2, 0.25) is 0 Å². The minimum atomic E-state index is -0.569. The van der Waals surface area contributed by atoms with Crippen molar-refractivity contribution < 1.29 is 13.9 Å². The fraction of sp³-hybridized carbons (Fsp3) is 0.500. The molecular weight excluding hydrogens is 336 g/mol. The van der Waals surface area contributed by atoms with Crippen LogP contribution >= 0.6 is 0 Å². The minimum absolute atomic E-state index is 0.174. The highest BCUT2D eigenvalue weighted by Crippen LogP contribution is 2.28. The van der Waals surface area contributed by atoms with E-state index in [4.69, 9.17) is 0 Å². The zero-order chi connectivity index (χ0) is 18.1. The lowest BCUT2D eigenvalue weighted by molar-refractivity contribution is 0.0323. The molecular formula is C20H25F2N3O. The van der Waals surface area contributed by atoms with E-state index in [0.717, 1.165) is 37.8 Å². The molecule has 1 aromatic carbocycles. The third-order valence-corrected chi connectivity index (χ3v) is 5.74. The molecule has 2 fully saturated rings. The predicted molar refractivity (Wildman–Crippen MR) is 96.2 cm³/mol. The first-order chi connectivity index (χ1) is 12.7. The van der Waals surface area contributed by atoms with Crippen LogP contribution in [0.1, 0.15) is 25.0 Å². The molecule has 0 aliphatic carbocycles. The molecule has 3 heterocycles. The summed E-state index contributed by atoms with van der Waals surface area (Å²) in [5, 5.41) is 9.46. The van der Waals surface area contributed by atoms with Crippen LogP contribution in [0, 0.1) is 11.6 Å². The minimum Gasteiger partial charge on any atom is -0.396 e. The summed E-state index contributed by atoms with van der Waals surface area (Å²) in [5.41, 5.74) is 1.34. The zero-order valence-corrected chi connectivity index (χ0v) is 14.8. The summed E-state index contributed by atoms with van der Waals surface area (Å²) < 4.78 is 29.3. The molecule has 0 saturated carbocycles. The van der Waals surface area contributed by atoms with E-state index < -0.39 is 11.6 Å². The number of hydrogen-bond donors (Lipinski definition) is 1. The number of halogens is 2. The fourth-order valence-corrected chi connectivity index (χ4v) is 4.43. The molecule has 0 amide bonds. The predicted octanol–water partition coefficient (Wildman–Crippen LogP) is 2.79. The highest BCUT2D eigenvalue weighted by molar-refractivity contribution is 5.37. The molecule has 0 unspecified atom stereocenters. The van der Waals surface area contributed by atoms with Gasteiger partial charge in [-0.05, 0) is 50.1 Å². The molecule has 6 heteroatoms. The average molecular weight is 361 g/mol. The van der Waals surface area contributed by atoms with E-state index >= 15 is 0 Å². The van der Waals surface area contributed by atoms with Crippen LogP contribution in [-0.4, -0.2) is 57.8 Å². The Hall–Kier alpha value is -1.76. The maximum absolute atomic E-state index is 14.2. The summed E-state index contributed by atoms with van der Waals surface area (Å²) in [6, 6.07) is 8.45. The molecule has 1 N–H and O–H groups in total. The number of aliphatic hydroxyl groups excluding tert-OH is 1. The van der Waals surface area contributed by atoms with Crippen molar-refractivity contribution in [2.75, 3.05) is 26.2 Å². The van der Waals surface area contributed by atoms with E-state index in [1.54, 1.807) is 4.57 Å². The molecule has 2 aliphatic rings. The Kier molecular flexibility index (Phi) is 5.07. The van der Waals surface area contributed by atoms with Gasteiger partial charge in [-0.3, -0.25) is 9.80 Å². The largest absolute Gasteiger partial charge is 0.396 e. The Labute approximate surface area is 152 Å². The monoisotopic (exact) mass is 361 g/mol. The number of fused-ring (bicyclic) bond motifs is 1. The molecule has 140 valence electrons. The molecule has 2 aliphatic heterocycles. The molecule has 2 saturated heterocycles. The van der Waals surface area contributed by atoms with Gasteiger partial charge in [-0.1, -0.05) is 0 Å². The van der Waals surface area contributed by atoms with Gasteiger partial charge in [-0.2, -0.15) is 0 Å². The Morgan fingerprint density at radius 3 is 2.85 bits per heavy atom. The third-order valence-electron chi connectivity index (χ3n) is 5.74. The lowest BCUT2D eigenvalue weighted by Crippen LogP contribution is -2.55. The molecule has 4 nitrogen and oxygen atoms in total. The van der Waals surface area contributed by atoms with Crippen LogP contribution in [0.3, 0.4) is 0 Å². The van der Waals surface area contributed by atoms with Crippen LogP contribution in [0.25, 0.3) is 5.69 Å². The number of aliphatic hydroxyl groups is 1. The number of nitrogens with zero attached hydrogens (tertiary/aromatic N) is 3. The van der Waals surface area contributed by atoms with Crippen LogP contribution in [0.4, 0.5) is 8.78 Å². The summed E-state index contributed by atoms with van der Waals surface area (Å²) in [6.45, 7) is 3.97. The smallest absolute Gasteiger partial charge is 0.150 e. The summed E-state index contributed by atoms with van der Waals surface area (Å²) in [7, 11) is 0. The SMILES string of the molecule is OCC[C@H]1CN2CCC[C@H]2CN1Cc1cccn1-c1ccc(F)cc1F. The standard InChI is InChI=1S/C20H25F2N3O/c21-15-5-6-20(19(22)11-15)25-9-2-4-18(25)14-24-13-16-3-1-8-23(16)12-17(24)7-10-26/h2,4-6,9,11,16-17,26H,1,3,7-8,10,12-14H2/t16-,17-/m0/s1. The summed E-state index contributed by atoms with van der Waals surface area (Å²) in [6.07, 6.45) is 5.02. The van der Waals surface area contributed by atoms with Gasteiger partial charge < -0.3 is 9.67 Å². The van der Waals surface area contributed by atoms with Crippen molar-refractivity contribution in [1.29, 1.82) is 0 Å². The van der Waals surface area contributed by atoms with Gasteiger partial charge in [0, 0.05) is 56.3 Å².